The fourth-order valence-corrected chi connectivity index (χ4v) is 2.81. The molecule has 0 radical (unpaired) electrons. The molecule has 0 aromatic carbocycles. The van der Waals surface area contributed by atoms with Gasteiger partial charge in [0.05, 0.1) is 12.7 Å². The zero-order valence-corrected chi connectivity index (χ0v) is 12.3. The molecule has 1 atom stereocenters. The van der Waals surface area contributed by atoms with E-state index in [4.69, 9.17) is 4.74 Å². The number of hydrogen-bond acceptors (Lipinski definition) is 1. The highest BCUT2D eigenvalue weighted by molar-refractivity contribution is 4.90. The van der Waals surface area contributed by atoms with Crippen LogP contribution >= 0.6 is 0 Å². The molecule has 1 fully saturated rings. The van der Waals surface area contributed by atoms with Gasteiger partial charge in [0, 0.05) is 0 Å². The predicted molar refractivity (Wildman–Crippen MR) is 75.4 cm³/mol. The Morgan fingerprint density at radius 1 is 0.882 bits per heavy atom. The van der Waals surface area contributed by atoms with Crippen molar-refractivity contribution >= 4 is 0 Å². The summed E-state index contributed by atoms with van der Waals surface area (Å²) in [4.78, 5) is 0. The first-order valence-corrected chi connectivity index (χ1v) is 7.84. The second kappa shape index (κ2) is 8.13. The minimum Gasteiger partial charge on any atom is -0.373 e. The van der Waals surface area contributed by atoms with E-state index in [2.05, 4.69) is 20.8 Å². The zero-order chi connectivity index (χ0) is 12.6. The predicted octanol–water partition coefficient (Wildman–Crippen LogP) is 5.33. The molecule has 0 spiro atoms. The van der Waals surface area contributed by atoms with Crippen LogP contribution in [-0.4, -0.2) is 12.7 Å². The Kier molecular flexibility index (Phi) is 7.18. The Labute approximate surface area is 108 Å². The Hall–Kier alpha value is -0.0400. The van der Waals surface area contributed by atoms with Crippen LogP contribution in [0.3, 0.4) is 0 Å². The van der Waals surface area contributed by atoms with Gasteiger partial charge in [-0.1, -0.05) is 72.1 Å². The zero-order valence-electron chi connectivity index (χ0n) is 12.3. The van der Waals surface area contributed by atoms with Crippen molar-refractivity contribution in [2.24, 2.45) is 5.41 Å². The summed E-state index contributed by atoms with van der Waals surface area (Å²) < 4.78 is 5.59. The van der Waals surface area contributed by atoms with Gasteiger partial charge in [-0.2, -0.15) is 0 Å². The monoisotopic (exact) mass is 240 g/mol. The molecule has 0 bridgehead atoms. The average Bonchev–Trinajstić information content (AvgIpc) is 3.15. The first-order chi connectivity index (χ1) is 8.23. The molecule has 0 amide bonds. The van der Waals surface area contributed by atoms with Crippen molar-refractivity contribution in [3.63, 3.8) is 0 Å². The number of epoxide rings is 1. The third-order valence-electron chi connectivity index (χ3n) is 4.31. The molecular formula is C16H32O. The van der Waals surface area contributed by atoms with Crippen LogP contribution in [0.5, 0.6) is 0 Å². The van der Waals surface area contributed by atoms with Gasteiger partial charge in [0.1, 0.15) is 0 Å². The third kappa shape index (κ3) is 5.90. The van der Waals surface area contributed by atoms with Crippen LogP contribution in [0.25, 0.3) is 0 Å². The van der Waals surface area contributed by atoms with Gasteiger partial charge in [-0.15, -0.1) is 0 Å². The van der Waals surface area contributed by atoms with E-state index in [0.717, 1.165) is 6.61 Å². The summed E-state index contributed by atoms with van der Waals surface area (Å²) in [5.41, 5.74) is 0.488. The molecule has 1 nitrogen and oxygen atoms in total. The van der Waals surface area contributed by atoms with E-state index in [9.17, 15) is 0 Å². The van der Waals surface area contributed by atoms with E-state index < -0.39 is 0 Å². The third-order valence-corrected chi connectivity index (χ3v) is 4.31. The smallest absolute Gasteiger partial charge is 0.0863 e. The molecule has 17 heavy (non-hydrogen) atoms. The largest absolute Gasteiger partial charge is 0.373 e. The van der Waals surface area contributed by atoms with Crippen molar-refractivity contribution in [1.29, 1.82) is 0 Å². The summed E-state index contributed by atoms with van der Waals surface area (Å²) in [6, 6.07) is 0. The molecule has 102 valence electrons. The highest BCUT2D eigenvalue weighted by atomic mass is 16.6. The van der Waals surface area contributed by atoms with Gasteiger partial charge < -0.3 is 4.74 Å². The molecule has 1 heteroatoms. The van der Waals surface area contributed by atoms with Crippen LogP contribution in [0, 0.1) is 5.41 Å². The quantitative estimate of drug-likeness (QED) is 0.351. The van der Waals surface area contributed by atoms with Gasteiger partial charge in [-0.3, -0.25) is 0 Å². The van der Waals surface area contributed by atoms with Crippen LogP contribution in [0.1, 0.15) is 85.0 Å². The van der Waals surface area contributed by atoms with Gasteiger partial charge in [-0.05, 0) is 18.3 Å². The van der Waals surface area contributed by atoms with Crippen molar-refractivity contribution in [3.8, 4) is 0 Å². The summed E-state index contributed by atoms with van der Waals surface area (Å²) in [7, 11) is 0. The van der Waals surface area contributed by atoms with Crippen LogP contribution in [-0.2, 0) is 4.74 Å². The SMILES string of the molecule is CCCCCCC(C)(CCCCCC)C1CO1. The topological polar surface area (TPSA) is 12.5 Å². The van der Waals surface area contributed by atoms with E-state index in [0.29, 0.717) is 11.5 Å². The van der Waals surface area contributed by atoms with Crippen molar-refractivity contribution in [2.45, 2.75) is 91.1 Å². The summed E-state index contributed by atoms with van der Waals surface area (Å²) in [5.74, 6) is 0. The Bertz CT molecular complexity index is 172. The molecule has 0 aliphatic carbocycles. The maximum atomic E-state index is 5.59. The maximum absolute atomic E-state index is 5.59. The number of ether oxygens (including phenoxy) is 1. The van der Waals surface area contributed by atoms with E-state index in [1.807, 2.05) is 0 Å². The summed E-state index contributed by atoms with van der Waals surface area (Å²) >= 11 is 0. The molecule has 0 aromatic heterocycles. The Morgan fingerprint density at radius 3 is 1.71 bits per heavy atom. The van der Waals surface area contributed by atoms with Crippen molar-refractivity contribution in [1.82, 2.24) is 0 Å². The average molecular weight is 240 g/mol. The standard InChI is InChI=1S/C16H32O/c1-4-6-8-10-12-16(3,15-14-17-15)13-11-9-7-5-2/h15H,4-14H2,1-3H3. The van der Waals surface area contributed by atoms with Crippen molar-refractivity contribution in [2.75, 3.05) is 6.61 Å². The van der Waals surface area contributed by atoms with E-state index in [1.54, 1.807) is 0 Å². The van der Waals surface area contributed by atoms with E-state index in [-0.39, 0.29) is 0 Å². The highest BCUT2D eigenvalue weighted by Crippen LogP contribution is 2.41. The lowest BCUT2D eigenvalue weighted by Gasteiger charge is -2.28. The lowest BCUT2D eigenvalue weighted by Crippen LogP contribution is -2.23. The molecule has 1 aliphatic rings. The lowest BCUT2D eigenvalue weighted by molar-refractivity contribution is 0.177. The van der Waals surface area contributed by atoms with Crippen molar-refractivity contribution < 1.29 is 4.74 Å². The van der Waals surface area contributed by atoms with Gasteiger partial charge in [-0.25, -0.2) is 0 Å². The number of rotatable bonds is 11. The number of unbranched alkanes of at least 4 members (excludes halogenated alkanes) is 6. The molecule has 1 saturated heterocycles. The molecule has 1 unspecified atom stereocenters. The van der Waals surface area contributed by atoms with E-state index >= 15 is 0 Å². The van der Waals surface area contributed by atoms with Gasteiger partial charge in [0.25, 0.3) is 0 Å². The summed E-state index contributed by atoms with van der Waals surface area (Å²) in [6.45, 7) is 8.06. The first kappa shape index (κ1) is 15.0. The maximum Gasteiger partial charge on any atom is 0.0863 e. The minimum absolute atomic E-state index is 0.488. The molecule has 0 saturated carbocycles. The Morgan fingerprint density at radius 2 is 1.35 bits per heavy atom. The van der Waals surface area contributed by atoms with Gasteiger partial charge in [0.2, 0.25) is 0 Å². The molecule has 0 N–H and O–H groups in total. The summed E-state index contributed by atoms with van der Waals surface area (Å²) in [6.07, 6.45) is 14.5. The fourth-order valence-electron chi connectivity index (χ4n) is 2.81. The molecule has 1 aliphatic heterocycles. The second-order valence-electron chi connectivity index (χ2n) is 6.10. The highest BCUT2D eigenvalue weighted by Gasteiger charge is 2.41. The minimum atomic E-state index is 0.488. The Balaban J connectivity index is 2.19. The molecule has 1 rings (SSSR count). The van der Waals surface area contributed by atoms with Gasteiger partial charge in [0.15, 0.2) is 0 Å². The molecular weight excluding hydrogens is 208 g/mol. The van der Waals surface area contributed by atoms with Gasteiger partial charge >= 0.3 is 0 Å². The van der Waals surface area contributed by atoms with Crippen LogP contribution in [0.15, 0.2) is 0 Å². The lowest BCUT2D eigenvalue weighted by atomic mass is 9.77. The fraction of sp³-hybridized carbons (Fsp3) is 1.00. The number of hydrogen-bond donors (Lipinski definition) is 0. The second-order valence-corrected chi connectivity index (χ2v) is 6.10. The van der Waals surface area contributed by atoms with Crippen LogP contribution in [0.2, 0.25) is 0 Å². The van der Waals surface area contributed by atoms with E-state index in [1.165, 1.54) is 64.2 Å². The summed E-state index contributed by atoms with van der Waals surface area (Å²) in [5, 5.41) is 0. The van der Waals surface area contributed by atoms with Crippen molar-refractivity contribution in [3.05, 3.63) is 0 Å². The normalized spacial score (nSPS) is 19.6. The van der Waals surface area contributed by atoms with Crippen LogP contribution in [0.4, 0.5) is 0 Å². The molecule has 0 aromatic rings. The first-order valence-electron chi connectivity index (χ1n) is 7.84. The molecule has 1 heterocycles. The van der Waals surface area contributed by atoms with Crippen LogP contribution < -0.4 is 0 Å².